The van der Waals surface area contributed by atoms with E-state index in [0.717, 1.165) is 47.2 Å². The van der Waals surface area contributed by atoms with Gasteiger partial charge in [-0.1, -0.05) is 41.7 Å². The van der Waals surface area contributed by atoms with Crippen molar-refractivity contribution in [1.29, 1.82) is 0 Å². The van der Waals surface area contributed by atoms with Gasteiger partial charge in [0.05, 0.1) is 23.4 Å². The molecule has 0 spiro atoms. The molecule has 1 saturated heterocycles. The molecule has 1 aromatic heterocycles. The van der Waals surface area contributed by atoms with Crippen LogP contribution in [0.15, 0.2) is 48.5 Å². The first-order valence-electron chi connectivity index (χ1n) is 8.73. The lowest BCUT2D eigenvalue weighted by Crippen LogP contribution is -2.36. The smallest absolute Gasteiger partial charge is 0.253 e. The lowest BCUT2D eigenvalue weighted by atomic mass is 10.1. The number of carbonyl (C=O) groups excluding carboxylic acids is 1. The van der Waals surface area contributed by atoms with Crippen molar-refractivity contribution in [2.75, 3.05) is 38.3 Å². The highest BCUT2D eigenvalue weighted by Crippen LogP contribution is 2.30. The minimum Gasteiger partial charge on any atom is -0.378 e. The van der Waals surface area contributed by atoms with Crippen molar-refractivity contribution in [2.45, 2.75) is 6.54 Å². The zero-order chi connectivity index (χ0) is 17.9. The summed E-state index contributed by atoms with van der Waals surface area (Å²) < 4.78 is 6.45. The first-order chi connectivity index (χ1) is 12.7. The summed E-state index contributed by atoms with van der Waals surface area (Å²) in [5.74, 6) is 0.0251. The van der Waals surface area contributed by atoms with E-state index in [9.17, 15) is 4.79 Å². The third kappa shape index (κ3) is 3.57. The number of rotatable bonds is 4. The minimum atomic E-state index is 0.0251. The van der Waals surface area contributed by atoms with Crippen LogP contribution >= 0.6 is 11.3 Å². The van der Waals surface area contributed by atoms with Crippen molar-refractivity contribution < 1.29 is 9.53 Å². The summed E-state index contributed by atoms with van der Waals surface area (Å²) in [6, 6.07) is 15.8. The second-order valence-corrected chi connectivity index (χ2v) is 7.43. The third-order valence-corrected chi connectivity index (χ3v) is 5.59. The van der Waals surface area contributed by atoms with Gasteiger partial charge in [0, 0.05) is 32.2 Å². The quantitative estimate of drug-likeness (QED) is 0.709. The minimum absolute atomic E-state index is 0.0251. The normalized spacial score (nSPS) is 14.6. The van der Waals surface area contributed by atoms with E-state index in [2.05, 4.69) is 4.90 Å². The van der Waals surface area contributed by atoms with Crippen LogP contribution in [-0.4, -0.2) is 49.1 Å². The van der Waals surface area contributed by atoms with E-state index >= 15 is 0 Å². The van der Waals surface area contributed by atoms with Crippen LogP contribution in [0.25, 0.3) is 10.2 Å². The Morgan fingerprint density at radius 2 is 1.96 bits per heavy atom. The van der Waals surface area contributed by atoms with E-state index in [4.69, 9.17) is 9.72 Å². The topological polar surface area (TPSA) is 45.7 Å². The van der Waals surface area contributed by atoms with Crippen molar-refractivity contribution in [3.63, 3.8) is 0 Å². The maximum Gasteiger partial charge on any atom is 0.253 e. The molecule has 0 radical (unpaired) electrons. The Morgan fingerprint density at radius 3 is 2.73 bits per heavy atom. The lowest BCUT2D eigenvalue weighted by molar-refractivity contribution is 0.0785. The highest BCUT2D eigenvalue weighted by atomic mass is 32.1. The summed E-state index contributed by atoms with van der Waals surface area (Å²) >= 11 is 1.64. The number of aromatic nitrogens is 1. The number of hydrogen-bond donors (Lipinski definition) is 0. The Morgan fingerprint density at radius 1 is 1.19 bits per heavy atom. The van der Waals surface area contributed by atoms with Gasteiger partial charge in [0.1, 0.15) is 0 Å². The van der Waals surface area contributed by atoms with E-state index in [0.29, 0.717) is 12.1 Å². The summed E-state index contributed by atoms with van der Waals surface area (Å²) in [6.45, 7) is 3.81. The van der Waals surface area contributed by atoms with Gasteiger partial charge in [-0.05, 0) is 23.8 Å². The van der Waals surface area contributed by atoms with Crippen LogP contribution in [0.1, 0.15) is 15.9 Å². The van der Waals surface area contributed by atoms with Crippen LogP contribution in [0.3, 0.4) is 0 Å². The fourth-order valence-corrected chi connectivity index (χ4v) is 4.14. The van der Waals surface area contributed by atoms with Crippen LogP contribution in [0, 0.1) is 0 Å². The van der Waals surface area contributed by atoms with E-state index in [-0.39, 0.29) is 5.91 Å². The molecule has 134 valence electrons. The number of morpholine rings is 1. The van der Waals surface area contributed by atoms with Crippen molar-refractivity contribution in [2.24, 2.45) is 0 Å². The number of thiazole rings is 1. The average molecular weight is 367 g/mol. The van der Waals surface area contributed by atoms with E-state index in [1.165, 1.54) is 0 Å². The SMILES string of the molecule is CN(Cc1ccccc1)C(=O)c1ccc2nc(N3CCOCC3)sc2c1. The first kappa shape index (κ1) is 17.0. The Kier molecular flexibility index (Phi) is 4.86. The summed E-state index contributed by atoms with van der Waals surface area (Å²) in [5, 5.41) is 1.01. The monoisotopic (exact) mass is 367 g/mol. The Hall–Kier alpha value is -2.44. The Bertz CT molecular complexity index is 904. The van der Waals surface area contributed by atoms with Crippen LogP contribution in [-0.2, 0) is 11.3 Å². The van der Waals surface area contributed by atoms with Gasteiger partial charge in [0.15, 0.2) is 5.13 Å². The van der Waals surface area contributed by atoms with E-state index in [1.807, 2.05) is 55.6 Å². The second-order valence-electron chi connectivity index (χ2n) is 6.43. The number of carbonyl (C=O) groups is 1. The molecule has 2 aromatic carbocycles. The number of nitrogens with zero attached hydrogens (tertiary/aromatic N) is 3. The third-order valence-electron chi connectivity index (χ3n) is 4.51. The van der Waals surface area contributed by atoms with Crippen LogP contribution in [0.2, 0.25) is 0 Å². The highest BCUT2D eigenvalue weighted by Gasteiger charge is 2.17. The standard InChI is InChI=1S/C20H21N3O2S/c1-22(14-15-5-3-2-4-6-15)19(24)16-7-8-17-18(13-16)26-20(21-17)23-9-11-25-12-10-23/h2-8,13H,9-12,14H2,1H3. The summed E-state index contributed by atoms with van der Waals surface area (Å²) in [7, 11) is 1.84. The molecule has 0 atom stereocenters. The van der Waals surface area contributed by atoms with Crippen LogP contribution in [0.4, 0.5) is 5.13 Å². The summed E-state index contributed by atoms with van der Waals surface area (Å²) in [6.07, 6.45) is 0. The maximum atomic E-state index is 12.8. The fraction of sp³-hybridized carbons (Fsp3) is 0.300. The van der Waals surface area contributed by atoms with Gasteiger partial charge in [0.25, 0.3) is 5.91 Å². The van der Waals surface area contributed by atoms with Gasteiger partial charge >= 0.3 is 0 Å². The Balaban J connectivity index is 1.53. The van der Waals surface area contributed by atoms with E-state index in [1.54, 1.807) is 16.2 Å². The molecule has 5 nitrogen and oxygen atoms in total. The first-order valence-corrected chi connectivity index (χ1v) is 9.55. The molecule has 0 saturated carbocycles. The number of benzene rings is 2. The van der Waals surface area contributed by atoms with Gasteiger partial charge in [-0.25, -0.2) is 4.98 Å². The number of amides is 1. The summed E-state index contributed by atoms with van der Waals surface area (Å²) in [5.41, 5.74) is 2.77. The van der Waals surface area contributed by atoms with Gasteiger partial charge in [-0.3, -0.25) is 4.79 Å². The zero-order valence-corrected chi connectivity index (χ0v) is 15.5. The number of ether oxygens (including phenoxy) is 1. The predicted octanol–water partition coefficient (Wildman–Crippen LogP) is 3.41. The molecule has 0 unspecified atom stereocenters. The molecule has 1 aliphatic heterocycles. The molecule has 26 heavy (non-hydrogen) atoms. The predicted molar refractivity (Wildman–Crippen MR) is 105 cm³/mol. The van der Waals surface area contributed by atoms with Crippen molar-refractivity contribution in [3.05, 3.63) is 59.7 Å². The molecule has 0 bridgehead atoms. The Labute approximate surface area is 156 Å². The van der Waals surface area contributed by atoms with E-state index < -0.39 is 0 Å². The molecular weight excluding hydrogens is 346 g/mol. The second kappa shape index (κ2) is 7.43. The fourth-order valence-electron chi connectivity index (χ4n) is 3.08. The maximum absolute atomic E-state index is 12.8. The van der Waals surface area contributed by atoms with Crippen molar-refractivity contribution in [1.82, 2.24) is 9.88 Å². The van der Waals surface area contributed by atoms with Gasteiger partial charge in [-0.15, -0.1) is 0 Å². The molecule has 1 amide bonds. The zero-order valence-electron chi connectivity index (χ0n) is 14.7. The molecule has 0 aliphatic carbocycles. The van der Waals surface area contributed by atoms with Crippen molar-refractivity contribution in [3.8, 4) is 0 Å². The molecule has 4 rings (SSSR count). The molecule has 3 aromatic rings. The highest BCUT2D eigenvalue weighted by molar-refractivity contribution is 7.22. The number of fused-ring (bicyclic) bond motifs is 1. The number of anilines is 1. The molecule has 1 fully saturated rings. The van der Waals surface area contributed by atoms with Gasteiger partial charge in [-0.2, -0.15) is 0 Å². The number of hydrogen-bond acceptors (Lipinski definition) is 5. The van der Waals surface area contributed by atoms with Crippen LogP contribution < -0.4 is 4.90 Å². The van der Waals surface area contributed by atoms with Crippen molar-refractivity contribution >= 4 is 32.6 Å². The van der Waals surface area contributed by atoms with Gasteiger partial charge < -0.3 is 14.5 Å². The largest absolute Gasteiger partial charge is 0.378 e. The van der Waals surface area contributed by atoms with Crippen LogP contribution in [0.5, 0.6) is 0 Å². The van der Waals surface area contributed by atoms with Gasteiger partial charge in [0.2, 0.25) is 0 Å². The average Bonchev–Trinajstić information content (AvgIpc) is 3.12. The molecular formula is C20H21N3O2S. The molecule has 6 heteroatoms. The lowest BCUT2D eigenvalue weighted by Gasteiger charge is -2.25. The molecule has 1 aliphatic rings. The molecule has 2 heterocycles. The summed E-state index contributed by atoms with van der Waals surface area (Å²) in [4.78, 5) is 21.5. The molecule has 0 N–H and O–H groups in total.